The fourth-order valence-corrected chi connectivity index (χ4v) is 3.91. The van der Waals surface area contributed by atoms with Gasteiger partial charge in [-0.1, -0.05) is 60.4 Å². The van der Waals surface area contributed by atoms with E-state index in [1.807, 2.05) is 48.5 Å². The van der Waals surface area contributed by atoms with E-state index in [4.69, 9.17) is 4.74 Å². The lowest BCUT2D eigenvalue weighted by molar-refractivity contribution is -0.137. The fourth-order valence-electron chi connectivity index (χ4n) is 3.91. The molecule has 4 nitrogen and oxygen atoms in total. The lowest BCUT2D eigenvalue weighted by Gasteiger charge is -2.14. The smallest absolute Gasteiger partial charge is 0.417 e. The zero-order valence-electron chi connectivity index (χ0n) is 17.4. The molecule has 0 saturated carbocycles. The number of hydrogen-bond donors (Lipinski definition) is 2. The molecule has 1 aliphatic carbocycles. The lowest BCUT2D eigenvalue weighted by Crippen LogP contribution is -2.26. The molecule has 0 heterocycles. The number of hydrogen-bond acceptors (Lipinski definition) is 3. The first-order valence-corrected chi connectivity index (χ1v) is 10.3. The SMILES string of the molecule is O=C(NCCC#Cc1ccc(O)cc1C(F)(F)F)OCC1c2ccccc2-c2ccccc21. The van der Waals surface area contributed by atoms with Crippen LogP contribution in [-0.2, 0) is 10.9 Å². The van der Waals surface area contributed by atoms with E-state index in [1.165, 1.54) is 0 Å². The Morgan fingerprint density at radius 2 is 1.64 bits per heavy atom. The van der Waals surface area contributed by atoms with Crippen molar-refractivity contribution < 1.29 is 27.8 Å². The van der Waals surface area contributed by atoms with Crippen LogP contribution in [0.15, 0.2) is 66.7 Å². The number of benzene rings is 3. The van der Waals surface area contributed by atoms with Crippen molar-refractivity contribution in [3.63, 3.8) is 0 Å². The van der Waals surface area contributed by atoms with Crippen LogP contribution in [0.5, 0.6) is 5.75 Å². The van der Waals surface area contributed by atoms with Gasteiger partial charge in [-0.2, -0.15) is 13.2 Å². The minimum atomic E-state index is -4.62. The molecule has 2 N–H and O–H groups in total. The second-order valence-electron chi connectivity index (χ2n) is 7.53. The number of phenols is 1. The first-order valence-electron chi connectivity index (χ1n) is 10.3. The molecule has 3 aromatic rings. The summed E-state index contributed by atoms with van der Waals surface area (Å²) in [5, 5.41) is 11.9. The first-order chi connectivity index (χ1) is 15.8. The van der Waals surface area contributed by atoms with Gasteiger partial charge in [-0.3, -0.25) is 0 Å². The third kappa shape index (κ3) is 4.96. The van der Waals surface area contributed by atoms with Gasteiger partial charge in [0.25, 0.3) is 0 Å². The van der Waals surface area contributed by atoms with E-state index in [0.717, 1.165) is 34.4 Å². The Morgan fingerprint density at radius 3 is 2.27 bits per heavy atom. The lowest BCUT2D eigenvalue weighted by atomic mass is 9.98. The molecule has 168 valence electrons. The maximum Gasteiger partial charge on any atom is 0.417 e. The van der Waals surface area contributed by atoms with Gasteiger partial charge in [0.1, 0.15) is 12.4 Å². The fraction of sp³-hybridized carbons (Fsp3) is 0.192. The van der Waals surface area contributed by atoms with E-state index in [-0.39, 0.29) is 31.1 Å². The molecule has 3 aromatic carbocycles. The highest BCUT2D eigenvalue weighted by molar-refractivity contribution is 5.79. The molecule has 0 spiro atoms. The van der Waals surface area contributed by atoms with E-state index in [9.17, 15) is 23.1 Å². The van der Waals surface area contributed by atoms with Crippen LogP contribution < -0.4 is 5.32 Å². The number of fused-ring (bicyclic) bond motifs is 3. The molecule has 0 fully saturated rings. The highest BCUT2D eigenvalue weighted by Crippen LogP contribution is 2.44. The summed E-state index contributed by atoms with van der Waals surface area (Å²) in [6.45, 7) is 0.303. The Balaban J connectivity index is 1.31. The summed E-state index contributed by atoms with van der Waals surface area (Å²) >= 11 is 0. The molecule has 0 aliphatic heterocycles. The second kappa shape index (κ2) is 9.29. The summed E-state index contributed by atoms with van der Waals surface area (Å²) in [5.74, 6) is 4.52. The first kappa shape index (κ1) is 22.3. The number of amides is 1. The van der Waals surface area contributed by atoms with Crippen LogP contribution in [0, 0.1) is 11.8 Å². The summed E-state index contributed by atoms with van der Waals surface area (Å²) < 4.78 is 44.6. The minimum absolute atomic E-state index is 0.0572. The third-order valence-electron chi connectivity index (χ3n) is 5.39. The Morgan fingerprint density at radius 1 is 1.00 bits per heavy atom. The molecule has 0 saturated heterocycles. The zero-order valence-corrected chi connectivity index (χ0v) is 17.4. The molecule has 1 amide bonds. The van der Waals surface area contributed by atoms with E-state index in [0.29, 0.717) is 6.07 Å². The van der Waals surface area contributed by atoms with Gasteiger partial charge in [-0.25, -0.2) is 4.79 Å². The quantitative estimate of drug-likeness (QED) is 0.396. The van der Waals surface area contributed by atoms with Crippen molar-refractivity contribution in [3.05, 3.63) is 89.0 Å². The van der Waals surface area contributed by atoms with Crippen molar-refractivity contribution in [2.45, 2.75) is 18.5 Å². The topological polar surface area (TPSA) is 58.6 Å². The van der Waals surface area contributed by atoms with Crippen LogP contribution in [0.2, 0.25) is 0 Å². The van der Waals surface area contributed by atoms with Crippen LogP contribution in [0.1, 0.15) is 34.6 Å². The van der Waals surface area contributed by atoms with Gasteiger partial charge < -0.3 is 15.2 Å². The standard InChI is InChI=1S/C26H20F3NO3/c27-26(28,29)24-15-18(31)13-12-17(24)7-5-6-14-30-25(32)33-16-23-21-10-3-1-8-19(21)20-9-2-4-11-22(20)23/h1-4,8-13,15,23,31H,6,14,16H2,(H,30,32). The van der Waals surface area contributed by atoms with E-state index in [2.05, 4.69) is 17.2 Å². The van der Waals surface area contributed by atoms with Crippen molar-refractivity contribution in [2.75, 3.05) is 13.2 Å². The summed E-state index contributed by atoms with van der Waals surface area (Å²) in [4.78, 5) is 12.1. The molecule has 0 radical (unpaired) electrons. The monoisotopic (exact) mass is 451 g/mol. The van der Waals surface area contributed by atoms with Gasteiger partial charge in [0.15, 0.2) is 0 Å². The van der Waals surface area contributed by atoms with E-state index in [1.54, 1.807) is 0 Å². The van der Waals surface area contributed by atoms with Crippen molar-refractivity contribution >= 4 is 6.09 Å². The number of halogens is 3. The molecule has 0 atom stereocenters. The van der Waals surface area contributed by atoms with Gasteiger partial charge in [0.05, 0.1) is 5.56 Å². The van der Waals surface area contributed by atoms with Gasteiger partial charge in [0.2, 0.25) is 0 Å². The highest BCUT2D eigenvalue weighted by atomic mass is 19.4. The van der Waals surface area contributed by atoms with Crippen LogP contribution in [0.25, 0.3) is 11.1 Å². The summed E-state index contributed by atoms with van der Waals surface area (Å²) in [6, 6.07) is 18.9. The Hall–Kier alpha value is -3.92. The van der Waals surface area contributed by atoms with Gasteiger partial charge >= 0.3 is 12.3 Å². The molecular weight excluding hydrogens is 431 g/mol. The maximum atomic E-state index is 13.1. The van der Waals surface area contributed by atoms with Crippen LogP contribution in [-0.4, -0.2) is 24.4 Å². The number of phenolic OH excluding ortho intramolecular Hbond substituents is 1. The molecule has 33 heavy (non-hydrogen) atoms. The number of aromatic hydroxyl groups is 1. The summed E-state index contributed by atoms with van der Waals surface area (Å²) in [5.41, 5.74) is 3.23. The number of alkyl halides is 3. The third-order valence-corrected chi connectivity index (χ3v) is 5.39. The van der Waals surface area contributed by atoms with E-state index < -0.39 is 23.6 Å². The molecule has 7 heteroatoms. The summed E-state index contributed by atoms with van der Waals surface area (Å²) in [7, 11) is 0. The molecule has 0 aromatic heterocycles. The molecule has 0 bridgehead atoms. The minimum Gasteiger partial charge on any atom is -0.508 e. The largest absolute Gasteiger partial charge is 0.508 e. The van der Waals surface area contributed by atoms with Crippen molar-refractivity contribution in [2.24, 2.45) is 0 Å². The van der Waals surface area contributed by atoms with Crippen molar-refractivity contribution in [1.82, 2.24) is 5.32 Å². The summed E-state index contributed by atoms with van der Waals surface area (Å²) in [6.07, 6.45) is -5.09. The number of carbonyl (C=O) groups is 1. The molecule has 4 rings (SSSR count). The highest BCUT2D eigenvalue weighted by Gasteiger charge is 2.33. The Bertz CT molecular complexity index is 1200. The molecular formula is C26H20F3NO3. The number of nitrogens with one attached hydrogen (secondary N) is 1. The zero-order chi connectivity index (χ0) is 23.4. The van der Waals surface area contributed by atoms with Gasteiger partial charge in [0, 0.05) is 24.4 Å². The molecule has 0 unspecified atom stereocenters. The average Bonchev–Trinajstić information content (AvgIpc) is 3.11. The number of ether oxygens (including phenoxy) is 1. The number of alkyl carbamates (subject to hydrolysis) is 1. The van der Waals surface area contributed by atoms with Gasteiger partial charge in [-0.05, 0) is 40.5 Å². The second-order valence-corrected chi connectivity index (χ2v) is 7.53. The van der Waals surface area contributed by atoms with Crippen molar-refractivity contribution in [3.8, 4) is 28.7 Å². The predicted molar refractivity (Wildman–Crippen MR) is 118 cm³/mol. The van der Waals surface area contributed by atoms with Crippen LogP contribution in [0.4, 0.5) is 18.0 Å². The Labute approximate surface area is 189 Å². The Kier molecular flexibility index (Phi) is 6.27. The normalized spacial score (nSPS) is 12.3. The maximum absolute atomic E-state index is 13.1. The van der Waals surface area contributed by atoms with Gasteiger partial charge in [-0.15, -0.1) is 0 Å². The van der Waals surface area contributed by atoms with Crippen LogP contribution in [0.3, 0.4) is 0 Å². The predicted octanol–water partition coefficient (Wildman–Crippen LogP) is 5.69. The average molecular weight is 451 g/mol. The van der Waals surface area contributed by atoms with E-state index >= 15 is 0 Å². The number of carbonyl (C=O) groups excluding carboxylic acids is 1. The van der Waals surface area contributed by atoms with Crippen molar-refractivity contribution in [1.29, 1.82) is 0 Å². The number of rotatable bonds is 4. The van der Waals surface area contributed by atoms with Crippen LogP contribution >= 0.6 is 0 Å². The molecule has 1 aliphatic rings.